The lowest BCUT2D eigenvalue weighted by atomic mass is 9.82. The predicted molar refractivity (Wildman–Crippen MR) is 154 cm³/mol. The van der Waals surface area contributed by atoms with Gasteiger partial charge >= 0.3 is 17.5 Å². The second-order valence-electron chi connectivity index (χ2n) is 11.2. The molecule has 0 radical (unpaired) electrons. The Bertz CT molecular complexity index is 1700. The Labute approximate surface area is 242 Å². The van der Waals surface area contributed by atoms with Crippen molar-refractivity contribution in [2.45, 2.75) is 45.0 Å². The number of aromatic nitrogens is 3. The van der Waals surface area contributed by atoms with Gasteiger partial charge in [0, 0.05) is 30.8 Å². The van der Waals surface area contributed by atoms with E-state index in [1.54, 1.807) is 24.3 Å². The quantitative estimate of drug-likeness (QED) is 0.373. The van der Waals surface area contributed by atoms with E-state index in [2.05, 4.69) is 4.90 Å². The number of fused-ring (bicyclic) bond motifs is 5. The molecule has 1 saturated heterocycles. The minimum atomic E-state index is -0.970. The maximum atomic E-state index is 13.9. The van der Waals surface area contributed by atoms with Crippen LogP contribution < -0.4 is 16.1 Å². The molecule has 3 aliphatic rings. The fourth-order valence-corrected chi connectivity index (χ4v) is 6.12. The number of carbonyl (C=O) groups is 2. The Morgan fingerprint density at radius 3 is 2.39 bits per heavy atom. The highest BCUT2D eigenvalue weighted by Crippen LogP contribution is 2.47. The lowest BCUT2D eigenvalue weighted by molar-refractivity contribution is 0.0766. The summed E-state index contributed by atoms with van der Waals surface area (Å²) in [5.74, 6) is 0.446. The molecule has 1 aromatic heterocycles. The number of hydrogen-bond acceptors (Lipinski definition) is 6. The average Bonchev–Trinajstić information content (AvgIpc) is 3.17. The van der Waals surface area contributed by atoms with Crippen molar-refractivity contribution < 1.29 is 19.4 Å². The summed E-state index contributed by atoms with van der Waals surface area (Å²) in [6.45, 7) is 7.13. The molecule has 41 heavy (non-hydrogen) atoms. The summed E-state index contributed by atoms with van der Waals surface area (Å²) in [4.78, 5) is 54.6. The average molecular weight is 582 g/mol. The van der Waals surface area contributed by atoms with Gasteiger partial charge in [-0.05, 0) is 69.3 Å². The summed E-state index contributed by atoms with van der Waals surface area (Å²) < 4.78 is 10.5. The molecular weight excluding hydrogens is 550 g/mol. The monoisotopic (exact) mass is 581 g/mol. The second-order valence-corrected chi connectivity index (χ2v) is 11.2. The van der Waals surface area contributed by atoms with Crippen LogP contribution in [-0.4, -0.2) is 73.0 Å². The van der Waals surface area contributed by atoms with Crippen molar-refractivity contribution in [3.8, 4) is 11.4 Å². The number of carbonyl (C=O) groups excluding carboxylic acids is 1. The molecule has 0 spiro atoms. The van der Waals surface area contributed by atoms with Crippen molar-refractivity contribution in [3.63, 3.8) is 0 Å². The highest BCUT2D eigenvalue weighted by Gasteiger charge is 2.44. The molecule has 2 atom stereocenters. The highest BCUT2D eigenvalue weighted by atomic mass is 35.5. The molecular formula is C29H32ClN5O6. The van der Waals surface area contributed by atoms with Gasteiger partial charge in [0.1, 0.15) is 17.4 Å². The first-order chi connectivity index (χ1) is 19.0. The van der Waals surface area contributed by atoms with Crippen molar-refractivity contribution in [1.82, 2.24) is 23.7 Å². The molecule has 6 rings (SSSR count). The van der Waals surface area contributed by atoms with Crippen molar-refractivity contribution in [3.05, 3.63) is 91.8 Å². The van der Waals surface area contributed by atoms with Crippen LogP contribution in [0, 0.1) is 0 Å². The number of likely N-dealkylation sites (N-methyl/N-ethyl adjacent to an activating group) is 1. The SMILES string of the molecule is CC(=O)c1ccc(-n2c(=O)n3n(c2=O)C2C(=CC3)C(C)(C)Oc3cc(C4CN(C)CCN4C(=O)O)ccc32)cc1.Cl. The smallest absolute Gasteiger partial charge is 0.407 e. The molecule has 1 fully saturated rings. The summed E-state index contributed by atoms with van der Waals surface area (Å²) in [6, 6.07) is 11.1. The third-order valence-electron chi connectivity index (χ3n) is 8.22. The van der Waals surface area contributed by atoms with Crippen molar-refractivity contribution in [2.75, 3.05) is 26.7 Å². The van der Waals surface area contributed by atoms with Crippen LogP contribution in [0.15, 0.2) is 63.7 Å². The molecule has 2 aromatic carbocycles. The van der Waals surface area contributed by atoms with E-state index in [1.807, 2.05) is 45.2 Å². The predicted octanol–water partition coefficient (Wildman–Crippen LogP) is 3.09. The van der Waals surface area contributed by atoms with Gasteiger partial charge in [0.05, 0.1) is 18.3 Å². The van der Waals surface area contributed by atoms with E-state index >= 15 is 0 Å². The lowest BCUT2D eigenvalue weighted by Crippen LogP contribution is -2.49. The molecule has 3 aromatic rings. The summed E-state index contributed by atoms with van der Waals surface area (Å²) in [5.41, 5.74) is 1.52. The standard InChI is InChI=1S/C29H31N5O6.ClH/c1-17(35)18-5-8-20(9-6-18)33-26(36)32-12-11-22-25(34(32)27(33)37)21-10-7-19(15-24(21)40-29(22,2)3)23-16-30(4)13-14-31(23)28(38)39;/h5-11,15,23,25H,12-14,16H2,1-4H3,(H,38,39);1H. The van der Waals surface area contributed by atoms with Crippen LogP contribution in [0.3, 0.4) is 0 Å². The number of Topliss-reactive ketones (excluding diaryl/α,β-unsaturated/α-hetero) is 1. The maximum Gasteiger partial charge on any atom is 0.407 e. The van der Waals surface area contributed by atoms with Gasteiger partial charge in [-0.15, -0.1) is 12.4 Å². The Morgan fingerprint density at radius 2 is 1.73 bits per heavy atom. The number of carboxylic acid groups (broad SMARTS) is 1. The summed E-state index contributed by atoms with van der Waals surface area (Å²) in [6.07, 6.45) is 0.969. The first-order valence-electron chi connectivity index (χ1n) is 13.2. The molecule has 1 amide bonds. The van der Waals surface area contributed by atoms with Crippen LogP contribution in [0.1, 0.15) is 54.3 Å². The van der Waals surface area contributed by atoms with Gasteiger partial charge in [-0.3, -0.25) is 9.69 Å². The number of benzene rings is 2. The van der Waals surface area contributed by atoms with Crippen LogP contribution >= 0.6 is 12.4 Å². The van der Waals surface area contributed by atoms with Gasteiger partial charge in [-0.1, -0.05) is 18.2 Å². The van der Waals surface area contributed by atoms with Crippen molar-refractivity contribution in [2.24, 2.45) is 0 Å². The zero-order valence-electron chi connectivity index (χ0n) is 23.2. The molecule has 12 heteroatoms. The Hall–Kier alpha value is -4.09. The summed E-state index contributed by atoms with van der Waals surface area (Å²) in [7, 11) is 1.97. The zero-order valence-corrected chi connectivity index (χ0v) is 24.1. The first kappa shape index (κ1) is 28.4. The fraction of sp³-hybridized carbons (Fsp3) is 0.379. The Balaban J connectivity index is 0.00000337. The number of halogens is 1. The van der Waals surface area contributed by atoms with Gasteiger partial charge < -0.3 is 14.7 Å². The summed E-state index contributed by atoms with van der Waals surface area (Å²) >= 11 is 0. The first-order valence-corrected chi connectivity index (χ1v) is 13.2. The third kappa shape index (κ3) is 4.49. The van der Waals surface area contributed by atoms with E-state index in [0.717, 1.165) is 21.3 Å². The molecule has 11 nitrogen and oxygen atoms in total. The number of ether oxygens (including phenoxy) is 1. The van der Waals surface area contributed by atoms with E-state index in [9.17, 15) is 24.3 Å². The van der Waals surface area contributed by atoms with Crippen molar-refractivity contribution >= 4 is 24.3 Å². The van der Waals surface area contributed by atoms with E-state index in [1.165, 1.54) is 21.2 Å². The van der Waals surface area contributed by atoms with E-state index < -0.39 is 29.1 Å². The molecule has 0 aliphatic carbocycles. The number of rotatable bonds is 3. The Kier molecular flexibility index (Phi) is 6.99. The molecule has 3 aliphatic heterocycles. The van der Waals surface area contributed by atoms with Crippen LogP contribution in [-0.2, 0) is 6.54 Å². The zero-order chi connectivity index (χ0) is 28.5. The van der Waals surface area contributed by atoms with Gasteiger partial charge in [-0.2, -0.15) is 0 Å². The molecule has 216 valence electrons. The van der Waals surface area contributed by atoms with Crippen molar-refractivity contribution in [1.29, 1.82) is 0 Å². The minimum absolute atomic E-state index is 0. The van der Waals surface area contributed by atoms with Gasteiger partial charge in [0.15, 0.2) is 5.78 Å². The van der Waals surface area contributed by atoms with E-state index in [-0.39, 0.29) is 30.8 Å². The third-order valence-corrected chi connectivity index (χ3v) is 8.22. The number of ketones is 1. The normalized spacial score (nSPS) is 21.0. The molecule has 0 saturated carbocycles. The fourth-order valence-electron chi connectivity index (χ4n) is 6.12. The highest BCUT2D eigenvalue weighted by molar-refractivity contribution is 5.94. The molecule has 1 N–H and O–H groups in total. The largest absolute Gasteiger partial charge is 0.483 e. The number of amides is 1. The van der Waals surface area contributed by atoms with Crippen LogP contribution in [0.5, 0.6) is 5.75 Å². The number of allylic oxidation sites excluding steroid dienone is 1. The molecule has 2 unspecified atom stereocenters. The number of hydrogen-bond donors (Lipinski definition) is 1. The second kappa shape index (κ2) is 10.1. The van der Waals surface area contributed by atoms with Crippen LogP contribution in [0.25, 0.3) is 5.69 Å². The van der Waals surface area contributed by atoms with Gasteiger partial charge in [-0.25, -0.2) is 28.3 Å². The van der Waals surface area contributed by atoms with E-state index in [0.29, 0.717) is 36.6 Å². The summed E-state index contributed by atoms with van der Waals surface area (Å²) in [5, 5.41) is 9.82. The molecule has 4 heterocycles. The van der Waals surface area contributed by atoms with E-state index in [4.69, 9.17) is 4.74 Å². The Morgan fingerprint density at radius 1 is 1.02 bits per heavy atom. The number of piperazine rings is 1. The number of nitrogens with zero attached hydrogens (tertiary/aromatic N) is 5. The van der Waals surface area contributed by atoms with Crippen LogP contribution in [0.2, 0.25) is 0 Å². The molecule has 0 bridgehead atoms. The lowest BCUT2D eigenvalue weighted by Gasteiger charge is -2.43. The van der Waals surface area contributed by atoms with Gasteiger partial charge in [0.2, 0.25) is 0 Å². The topological polar surface area (TPSA) is 119 Å². The minimum Gasteiger partial charge on any atom is -0.483 e. The maximum absolute atomic E-state index is 13.9. The van der Waals surface area contributed by atoms with Crippen LogP contribution in [0.4, 0.5) is 4.79 Å². The van der Waals surface area contributed by atoms with Gasteiger partial charge in [0.25, 0.3) is 0 Å².